The molecule has 2 heterocycles. The minimum absolute atomic E-state index is 0.0116. The number of amides is 1. The first kappa shape index (κ1) is 20.3. The number of piperazine rings is 1. The van der Waals surface area contributed by atoms with E-state index in [0.717, 1.165) is 29.4 Å². The molecule has 0 saturated carbocycles. The maximum atomic E-state index is 13.4. The van der Waals surface area contributed by atoms with Gasteiger partial charge in [0.2, 0.25) is 5.91 Å². The van der Waals surface area contributed by atoms with Crippen LogP contribution in [0.25, 0.3) is 0 Å². The lowest BCUT2D eigenvalue weighted by Crippen LogP contribution is -2.53. The van der Waals surface area contributed by atoms with Gasteiger partial charge in [-0.1, -0.05) is 48.0 Å². The minimum Gasteiger partial charge on any atom is -0.367 e. The highest BCUT2D eigenvalue weighted by molar-refractivity contribution is 8.00. The molecule has 0 N–H and O–H groups in total. The Morgan fingerprint density at radius 1 is 1.03 bits per heavy atom. The van der Waals surface area contributed by atoms with Gasteiger partial charge in [0.25, 0.3) is 0 Å². The summed E-state index contributed by atoms with van der Waals surface area (Å²) < 4.78 is 12.2. The number of halogens is 1. The van der Waals surface area contributed by atoms with Crippen molar-refractivity contribution in [2.75, 3.05) is 36.0 Å². The summed E-state index contributed by atoms with van der Waals surface area (Å²) in [4.78, 5) is 17.8. The lowest BCUT2D eigenvalue weighted by Gasteiger charge is -2.44. The van der Waals surface area contributed by atoms with Crippen LogP contribution in [-0.4, -0.2) is 52.0 Å². The zero-order valence-corrected chi connectivity index (χ0v) is 18.1. The first-order chi connectivity index (χ1) is 13.9. The number of benzene rings is 2. The Bertz CT molecular complexity index is 963. The maximum Gasteiger partial charge on any atom is 0.226 e. The maximum absolute atomic E-state index is 13.4. The Morgan fingerprint density at radius 3 is 2.45 bits per heavy atom. The smallest absolute Gasteiger partial charge is 0.226 e. The fourth-order valence-electron chi connectivity index (χ4n) is 4.36. The van der Waals surface area contributed by atoms with Crippen molar-refractivity contribution in [2.45, 2.75) is 18.9 Å². The molecule has 4 rings (SSSR count). The van der Waals surface area contributed by atoms with Gasteiger partial charge < -0.3 is 9.80 Å². The molecule has 0 bridgehead atoms. The lowest BCUT2D eigenvalue weighted by molar-refractivity contribution is -0.138. The normalized spacial score (nSPS) is 27.6. The third-order valence-corrected chi connectivity index (χ3v) is 8.24. The lowest BCUT2D eigenvalue weighted by atomic mass is 9.96. The second-order valence-electron chi connectivity index (χ2n) is 8.03. The number of hydrogen-bond acceptors (Lipinski definition) is 3. The van der Waals surface area contributed by atoms with Crippen molar-refractivity contribution in [3.63, 3.8) is 0 Å². The summed E-state index contributed by atoms with van der Waals surface area (Å²) in [5.74, 6) is 5.10. The topological polar surface area (TPSA) is 40.6 Å². The van der Waals surface area contributed by atoms with Crippen LogP contribution in [0.3, 0.4) is 0 Å². The number of nitrogens with zero attached hydrogens (tertiary/aromatic N) is 2. The van der Waals surface area contributed by atoms with Gasteiger partial charge in [0.05, 0.1) is 6.04 Å². The molecule has 2 aliphatic heterocycles. The minimum atomic E-state index is -1.99. The summed E-state index contributed by atoms with van der Waals surface area (Å²) >= 11 is 6.20. The van der Waals surface area contributed by atoms with Crippen LogP contribution in [0.5, 0.6) is 0 Å². The molecule has 2 fully saturated rings. The number of carbonyl (C=O) groups is 1. The molecule has 29 heavy (non-hydrogen) atoms. The van der Waals surface area contributed by atoms with E-state index in [0.29, 0.717) is 30.9 Å². The molecule has 2 aromatic carbocycles. The fourth-order valence-corrected chi connectivity index (χ4v) is 6.17. The Balaban J connectivity index is 1.57. The molecule has 1 atom stereocenters. The number of rotatable bonds is 3. The van der Waals surface area contributed by atoms with Crippen molar-refractivity contribution < 1.29 is 9.00 Å². The summed E-state index contributed by atoms with van der Waals surface area (Å²) in [6, 6.07) is 18.1. The van der Waals surface area contributed by atoms with Crippen LogP contribution in [0.4, 0.5) is 5.69 Å². The van der Waals surface area contributed by atoms with Gasteiger partial charge in [0.1, 0.15) is 0 Å². The molecule has 1 unspecified atom stereocenters. The Kier molecular flexibility index (Phi) is 5.88. The largest absolute Gasteiger partial charge is 0.367 e. The third kappa shape index (κ3) is 4.62. The third-order valence-electron chi connectivity index (χ3n) is 6.05. The molecule has 2 aliphatic rings. The van der Waals surface area contributed by atoms with Crippen LogP contribution < -0.4 is 4.90 Å². The average molecular weight is 431 g/mol. The molecule has 154 valence electrons. The first-order valence-electron chi connectivity index (χ1n) is 10.1. The average Bonchev–Trinajstić information content (AvgIpc) is 2.73. The van der Waals surface area contributed by atoms with Crippen molar-refractivity contribution in [3.05, 3.63) is 65.2 Å². The van der Waals surface area contributed by atoms with Crippen LogP contribution in [0.2, 0.25) is 5.02 Å². The van der Waals surface area contributed by atoms with Gasteiger partial charge in [-0.2, -0.15) is 0 Å². The van der Waals surface area contributed by atoms with Gasteiger partial charge in [-0.3, -0.25) is 9.00 Å². The standard InChI is InChI=1S/C23H27ClN2O2S/c1-29(28)14-10-19(11-15-29)23(27)26-13-12-25(21-9-5-8-20(24)16-21)17-22(26)18-6-3-2-4-7-18/h2-9,16,19,22H,1,10-15,17H2. The van der Waals surface area contributed by atoms with E-state index in [2.05, 4.69) is 29.0 Å². The van der Waals surface area contributed by atoms with E-state index in [1.807, 2.05) is 41.3 Å². The summed E-state index contributed by atoms with van der Waals surface area (Å²) in [7, 11) is -1.99. The van der Waals surface area contributed by atoms with E-state index < -0.39 is 9.52 Å². The highest BCUT2D eigenvalue weighted by Gasteiger charge is 2.36. The first-order valence-corrected chi connectivity index (χ1v) is 12.6. The summed E-state index contributed by atoms with van der Waals surface area (Å²) in [5, 5.41) is 0.719. The Hall–Kier alpha value is -1.98. The molecule has 0 radical (unpaired) electrons. The second kappa shape index (κ2) is 8.41. The molecule has 0 spiro atoms. The zero-order valence-electron chi connectivity index (χ0n) is 16.5. The summed E-state index contributed by atoms with van der Waals surface area (Å²) in [6.07, 6.45) is 1.36. The number of hydrogen-bond donors (Lipinski definition) is 0. The van der Waals surface area contributed by atoms with Crippen LogP contribution in [-0.2, 0) is 14.3 Å². The fraction of sp³-hybridized carbons (Fsp3) is 0.391. The van der Waals surface area contributed by atoms with Gasteiger partial charge in [-0.05, 0) is 52.0 Å². The van der Waals surface area contributed by atoms with E-state index in [9.17, 15) is 9.00 Å². The number of anilines is 1. The Morgan fingerprint density at radius 2 is 1.76 bits per heavy atom. The molecular formula is C23H27ClN2O2S. The molecule has 0 aromatic heterocycles. The van der Waals surface area contributed by atoms with Crippen molar-refractivity contribution >= 4 is 38.6 Å². The van der Waals surface area contributed by atoms with Crippen molar-refractivity contribution in [2.24, 2.45) is 5.92 Å². The van der Waals surface area contributed by atoms with Gasteiger partial charge in [0, 0.05) is 47.8 Å². The molecule has 6 heteroatoms. The highest BCUT2D eigenvalue weighted by Crippen LogP contribution is 2.32. The summed E-state index contributed by atoms with van der Waals surface area (Å²) in [6.45, 7) is 2.17. The quantitative estimate of drug-likeness (QED) is 0.694. The van der Waals surface area contributed by atoms with E-state index in [-0.39, 0.29) is 17.9 Å². The van der Waals surface area contributed by atoms with E-state index in [1.165, 1.54) is 0 Å². The van der Waals surface area contributed by atoms with E-state index in [1.54, 1.807) is 0 Å². The molecule has 1 amide bonds. The van der Waals surface area contributed by atoms with Crippen molar-refractivity contribution in [3.8, 4) is 0 Å². The molecular weight excluding hydrogens is 404 g/mol. The van der Waals surface area contributed by atoms with Crippen LogP contribution in [0.1, 0.15) is 24.4 Å². The summed E-state index contributed by atoms with van der Waals surface area (Å²) in [5.41, 5.74) is 2.23. The highest BCUT2D eigenvalue weighted by atomic mass is 35.5. The molecule has 2 aromatic rings. The van der Waals surface area contributed by atoms with Crippen LogP contribution >= 0.6 is 11.6 Å². The van der Waals surface area contributed by atoms with Gasteiger partial charge in [0.15, 0.2) is 0 Å². The SMILES string of the molecule is C=S1(=O)CCC(C(=O)N2CCN(c3cccc(Cl)c3)CC2c2ccccc2)CC1. The zero-order chi connectivity index (χ0) is 20.4. The Labute approximate surface area is 178 Å². The molecule has 0 aliphatic carbocycles. The van der Waals surface area contributed by atoms with Crippen molar-refractivity contribution in [1.29, 1.82) is 0 Å². The van der Waals surface area contributed by atoms with E-state index in [4.69, 9.17) is 11.6 Å². The van der Waals surface area contributed by atoms with Crippen molar-refractivity contribution in [1.82, 2.24) is 4.90 Å². The second-order valence-corrected chi connectivity index (χ2v) is 11.2. The van der Waals surface area contributed by atoms with Gasteiger partial charge in [-0.25, -0.2) is 0 Å². The monoisotopic (exact) mass is 430 g/mol. The molecule has 4 nitrogen and oxygen atoms in total. The van der Waals surface area contributed by atoms with Crippen LogP contribution in [0, 0.1) is 5.92 Å². The predicted molar refractivity (Wildman–Crippen MR) is 122 cm³/mol. The van der Waals surface area contributed by atoms with Gasteiger partial charge >= 0.3 is 0 Å². The predicted octanol–water partition coefficient (Wildman–Crippen LogP) is 3.86. The van der Waals surface area contributed by atoms with Crippen LogP contribution in [0.15, 0.2) is 54.6 Å². The molecule has 2 saturated heterocycles. The van der Waals surface area contributed by atoms with E-state index >= 15 is 0 Å². The number of carbonyl (C=O) groups excluding carboxylic acids is 1. The van der Waals surface area contributed by atoms with Gasteiger partial charge in [-0.15, -0.1) is 0 Å².